The first-order valence-corrected chi connectivity index (χ1v) is 9.66. The van der Waals surface area contributed by atoms with Gasteiger partial charge in [0.25, 0.3) is 0 Å². The minimum Gasteiger partial charge on any atom is -0.497 e. The fourth-order valence-electron chi connectivity index (χ4n) is 3.12. The van der Waals surface area contributed by atoms with Gasteiger partial charge in [-0.3, -0.25) is 4.68 Å². The van der Waals surface area contributed by atoms with Gasteiger partial charge in [-0.05, 0) is 37.5 Å². The zero-order valence-electron chi connectivity index (χ0n) is 14.0. The Labute approximate surface area is 142 Å². The Morgan fingerprint density at radius 3 is 2.79 bits per heavy atom. The third kappa shape index (κ3) is 3.62. The molecule has 6 nitrogen and oxygen atoms in total. The van der Waals surface area contributed by atoms with Crippen LogP contribution in [0.2, 0.25) is 0 Å². The molecule has 0 bridgehead atoms. The minimum atomic E-state index is -3.59. The molecule has 3 rings (SSSR count). The van der Waals surface area contributed by atoms with E-state index in [0.29, 0.717) is 17.5 Å². The van der Waals surface area contributed by atoms with E-state index in [1.54, 1.807) is 20.2 Å². The topological polar surface area (TPSA) is 73.2 Å². The summed E-state index contributed by atoms with van der Waals surface area (Å²) in [6.45, 7) is 1.96. The number of methoxy groups -OCH3 is 1. The second kappa shape index (κ2) is 6.94. The van der Waals surface area contributed by atoms with Crippen LogP contribution >= 0.6 is 0 Å². The number of hydrogen-bond donors (Lipinski definition) is 1. The molecule has 1 aliphatic rings. The largest absolute Gasteiger partial charge is 0.497 e. The summed E-state index contributed by atoms with van der Waals surface area (Å²) in [6, 6.07) is 7.67. The summed E-state index contributed by atoms with van der Waals surface area (Å²) in [6.07, 6.45) is 6.16. The molecule has 24 heavy (non-hydrogen) atoms. The molecule has 1 aromatic carbocycles. The standard InChI is InChI=1S/C17H23N3O3S/c1-13-17(12-20(19-13)15-7-3-4-8-15)24(21,22)18-11-14-6-5-9-16(10-14)23-2/h5-6,9-10,12,15,18H,3-4,7-8,11H2,1-2H3. The molecule has 130 valence electrons. The van der Waals surface area contributed by atoms with Crippen molar-refractivity contribution in [1.29, 1.82) is 0 Å². The molecular formula is C17H23N3O3S. The Morgan fingerprint density at radius 1 is 1.33 bits per heavy atom. The van der Waals surface area contributed by atoms with E-state index in [2.05, 4.69) is 9.82 Å². The van der Waals surface area contributed by atoms with Crippen LogP contribution in [-0.4, -0.2) is 25.3 Å². The molecule has 0 saturated heterocycles. The Kier molecular flexibility index (Phi) is 4.91. The van der Waals surface area contributed by atoms with Crippen molar-refractivity contribution < 1.29 is 13.2 Å². The fraction of sp³-hybridized carbons (Fsp3) is 0.471. The van der Waals surface area contributed by atoms with Gasteiger partial charge in [-0.2, -0.15) is 5.10 Å². The molecule has 0 radical (unpaired) electrons. The van der Waals surface area contributed by atoms with Gasteiger partial charge in [0.2, 0.25) is 10.0 Å². The summed E-state index contributed by atoms with van der Waals surface area (Å²) < 4.78 is 34.9. The average molecular weight is 349 g/mol. The number of sulfonamides is 1. The Hall–Kier alpha value is -1.86. The van der Waals surface area contributed by atoms with Crippen molar-refractivity contribution in [3.63, 3.8) is 0 Å². The third-order valence-electron chi connectivity index (χ3n) is 4.46. The number of nitrogens with zero attached hydrogens (tertiary/aromatic N) is 2. The molecule has 1 fully saturated rings. The first kappa shape index (κ1) is 17.0. The van der Waals surface area contributed by atoms with Gasteiger partial charge in [0.1, 0.15) is 10.6 Å². The average Bonchev–Trinajstić information content (AvgIpc) is 3.23. The molecule has 1 N–H and O–H groups in total. The highest BCUT2D eigenvalue weighted by Crippen LogP contribution is 2.30. The second-order valence-corrected chi connectivity index (χ2v) is 7.91. The summed E-state index contributed by atoms with van der Waals surface area (Å²) >= 11 is 0. The van der Waals surface area contributed by atoms with Crippen molar-refractivity contribution in [3.8, 4) is 5.75 Å². The number of hydrogen-bond acceptors (Lipinski definition) is 4. The van der Waals surface area contributed by atoms with E-state index in [1.807, 2.05) is 28.9 Å². The van der Waals surface area contributed by atoms with Crippen molar-refractivity contribution in [3.05, 3.63) is 41.7 Å². The molecule has 1 heterocycles. The number of ether oxygens (including phenoxy) is 1. The van der Waals surface area contributed by atoms with Crippen molar-refractivity contribution in [2.24, 2.45) is 0 Å². The van der Waals surface area contributed by atoms with E-state index in [9.17, 15) is 8.42 Å². The van der Waals surface area contributed by atoms with Gasteiger partial charge >= 0.3 is 0 Å². The fourth-order valence-corrected chi connectivity index (χ4v) is 4.31. The van der Waals surface area contributed by atoms with Crippen LogP contribution in [0.5, 0.6) is 5.75 Å². The number of nitrogens with one attached hydrogen (secondary N) is 1. The summed E-state index contributed by atoms with van der Waals surface area (Å²) in [5, 5.41) is 4.42. The molecule has 0 unspecified atom stereocenters. The van der Waals surface area contributed by atoms with Crippen LogP contribution < -0.4 is 9.46 Å². The zero-order valence-corrected chi connectivity index (χ0v) is 14.8. The molecule has 2 aromatic rings. The van der Waals surface area contributed by atoms with E-state index < -0.39 is 10.0 Å². The zero-order chi connectivity index (χ0) is 17.2. The van der Waals surface area contributed by atoms with Crippen LogP contribution in [-0.2, 0) is 16.6 Å². The lowest BCUT2D eigenvalue weighted by molar-refractivity contribution is 0.414. The molecule has 0 aliphatic heterocycles. The highest BCUT2D eigenvalue weighted by Gasteiger charge is 2.24. The Morgan fingerprint density at radius 2 is 2.08 bits per heavy atom. The minimum absolute atomic E-state index is 0.216. The van der Waals surface area contributed by atoms with E-state index in [-0.39, 0.29) is 11.4 Å². The van der Waals surface area contributed by atoms with Crippen molar-refractivity contribution in [1.82, 2.24) is 14.5 Å². The lowest BCUT2D eigenvalue weighted by Crippen LogP contribution is -2.23. The molecule has 7 heteroatoms. The first-order valence-electron chi connectivity index (χ1n) is 8.18. The number of rotatable bonds is 6. The Balaban J connectivity index is 1.75. The number of aryl methyl sites for hydroxylation is 1. The van der Waals surface area contributed by atoms with E-state index in [4.69, 9.17) is 4.74 Å². The summed E-state index contributed by atoms with van der Waals surface area (Å²) in [5.74, 6) is 0.705. The van der Waals surface area contributed by atoms with Crippen molar-refractivity contribution >= 4 is 10.0 Å². The number of benzene rings is 1. The second-order valence-electron chi connectivity index (χ2n) is 6.17. The van der Waals surface area contributed by atoms with Crippen LogP contribution in [0, 0.1) is 6.92 Å². The van der Waals surface area contributed by atoms with Gasteiger partial charge in [0.15, 0.2) is 0 Å². The summed E-state index contributed by atoms with van der Waals surface area (Å²) in [5.41, 5.74) is 1.39. The van der Waals surface area contributed by atoms with Gasteiger partial charge in [-0.25, -0.2) is 13.1 Å². The highest BCUT2D eigenvalue weighted by molar-refractivity contribution is 7.89. The van der Waals surface area contributed by atoms with Gasteiger partial charge in [0.05, 0.1) is 18.8 Å². The summed E-state index contributed by atoms with van der Waals surface area (Å²) in [4.78, 5) is 0.261. The molecule has 0 spiro atoms. The normalized spacial score (nSPS) is 15.8. The van der Waals surface area contributed by atoms with E-state index in [1.165, 1.54) is 12.8 Å². The smallest absolute Gasteiger partial charge is 0.244 e. The van der Waals surface area contributed by atoms with Crippen molar-refractivity contribution in [2.75, 3.05) is 7.11 Å². The first-order chi connectivity index (χ1) is 11.5. The maximum absolute atomic E-state index is 12.6. The van der Waals surface area contributed by atoms with Gasteiger partial charge in [-0.15, -0.1) is 0 Å². The van der Waals surface area contributed by atoms with Crippen LogP contribution in [0.25, 0.3) is 0 Å². The van der Waals surface area contributed by atoms with Crippen LogP contribution in [0.3, 0.4) is 0 Å². The van der Waals surface area contributed by atoms with Crippen LogP contribution in [0.4, 0.5) is 0 Å². The van der Waals surface area contributed by atoms with Crippen molar-refractivity contribution in [2.45, 2.75) is 50.1 Å². The molecule has 0 atom stereocenters. The van der Waals surface area contributed by atoms with Gasteiger partial charge in [0, 0.05) is 12.7 Å². The molecular weight excluding hydrogens is 326 g/mol. The van der Waals surface area contributed by atoms with Crippen LogP contribution in [0.1, 0.15) is 43.0 Å². The van der Waals surface area contributed by atoms with Gasteiger partial charge in [-0.1, -0.05) is 25.0 Å². The van der Waals surface area contributed by atoms with Crippen LogP contribution in [0.15, 0.2) is 35.4 Å². The molecule has 0 amide bonds. The lowest BCUT2D eigenvalue weighted by Gasteiger charge is -2.09. The quantitative estimate of drug-likeness (QED) is 0.870. The van der Waals surface area contributed by atoms with Gasteiger partial charge < -0.3 is 4.74 Å². The monoisotopic (exact) mass is 349 g/mol. The summed E-state index contributed by atoms with van der Waals surface area (Å²) in [7, 11) is -2.00. The highest BCUT2D eigenvalue weighted by atomic mass is 32.2. The maximum atomic E-state index is 12.6. The molecule has 1 aliphatic carbocycles. The number of aromatic nitrogens is 2. The molecule has 1 aromatic heterocycles. The predicted molar refractivity (Wildman–Crippen MR) is 91.5 cm³/mol. The maximum Gasteiger partial charge on any atom is 0.244 e. The predicted octanol–water partition coefficient (Wildman–Crippen LogP) is 2.79. The lowest BCUT2D eigenvalue weighted by atomic mass is 10.2. The molecule has 1 saturated carbocycles. The van der Waals surface area contributed by atoms with E-state index >= 15 is 0 Å². The van der Waals surface area contributed by atoms with E-state index in [0.717, 1.165) is 18.4 Å². The Bertz CT molecular complexity index is 808. The third-order valence-corrected chi connectivity index (χ3v) is 5.96. The SMILES string of the molecule is COc1cccc(CNS(=O)(=O)c2cn(C3CCCC3)nc2C)c1.